The third-order valence-electron chi connectivity index (χ3n) is 14.6. The minimum Gasteiger partial charge on any atom is -0.510 e. The second-order valence-corrected chi connectivity index (χ2v) is 20.1. The van der Waals surface area contributed by atoms with Crippen LogP contribution in [-0.2, 0) is 26.5 Å². The van der Waals surface area contributed by atoms with Gasteiger partial charge >= 0.3 is 0 Å². The molecule has 0 aliphatic rings. The van der Waals surface area contributed by atoms with Crippen molar-refractivity contribution in [2.75, 3.05) is 0 Å². The molecule has 15 aromatic rings. The van der Waals surface area contributed by atoms with E-state index in [1.807, 2.05) is 30.5 Å². The van der Waals surface area contributed by atoms with E-state index in [4.69, 9.17) is 19.7 Å². The molecule has 0 unspecified atom stereocenters. The van der Waals surface area contributed by atoms with Crippen LogP contribution in [0.2, 0.25) is 0 Å². The van der Waals surface area contributed by atoms with Crippen LogP contribution in [0.25, 0.3) is 117 Å². The summed E-state index contributed by atoms with van der Waals surface area (Å²) < 4.78 is 18.0. The first-order valence-electron chi connectivity index (χ1n) is 25.2. The minimum atomic E-state index is -0.0659. The van der Waals surface area contributed by atoms with Crippen LogP contribution in [0.5, 0.6) is 11.5 Å². The van der Waals surface area contributed by atoms with Crippen molar-refractivity contribution >= 4 is 82.8 Å². The van der Waals surface area contributed by atoms with Gasteiger partial charge in [-0.1, -0.05) is 165 Å². The van der Waals surface area contributed by atoms with E-state index < -0.39 is 0 Å². The van der Waals surface area contributed by atoms with Crippen molar-refractivity contribution in [3.05, 3.63) is 236 Å². The SMILES string of the molecule is CC(C)(C)c1ccnc(-n2c3[c-]c(Oc4[c-]c5c(cc4)c4nc6ccccc6n4c4nc6ccccc6n4c4cccc6c4n5[c-][n+]6-c4c(-c5ccccc5)cccc4-c4ccccc4)ccc3c3ccccc32)c1.[Pt]. The zero-order valence-corrected chi connectivity index (χ0v) is 43.8. The Kier molecular flexibility index (Phi) is 10.4. The maximum atomic E-state index is 6.98. The molecule has 0 fully saturated rings. The van der Waals surface area contributed by atoms with Gasteiger partial charge in [0.05, 0.1) is 44.4 Å². The fraction of sp³-hybridized carbons (Fsp3) is 0.0606. The Morgan fingerprint density at radius 3 is 1.82 bits per heavy atom. The van der Waals surface area contributed by atoms with Gasteiger partial charge in [0.25, 0.3) is 6.33 Å². The summed E-state index contributed by atoms with van der Waals surface area (Å²) in [5.74, 6) is 2.58. The first-order chi connectivity index (χ1) is 36.8. The number of nitrogens with zero attached hydrogens (tertiary/aromatic N) is 8. The van der Waals surface area contributed by atoms with Crippen molar-refractivity contribution in [2.24, 2.45) is 0 Å². The molecule has 0 saturated carbocycles. The number of ether oxygens (including phenoxy) is 1. The fourth-order valence-corrected chi connectivity index (χ4v) is 11.1. The number of rotatable bonds is 6. The zero-order valence-electron chi connectivity index (χ0n) is 41.5. The molecule has 10 heteroatoms. The summed E-state index contributed by atoms with van der Waals surface area (Å²) >= 11 is 0. The summed E-state index contributed by atoms with van der Waals surface area (Å²) in [5.41, 5.74) is 16.1. The number of aromatic nitrogens is 8. The van der Waals surface area contributed by atoms with Gasteiger partial charge in [-0.05, 0) is 92.7 Å². The second-order valence-electron chi connectivity index (χ2n) is 20.1. The summed E-state index contributed by atoms with van der Waals surface area (Å²) in [6.45, 7) is 6.68. The zero-order chi connectivity index (χ0) is 49.9. The summed E-state index contributed by atoms with van der Waals surface area (Å²) in [7, 11) is 0. The Hall–Kier alpha value is -9.17. The van der Waals surface area contributed by atoms with Crippen LogP contribution < -0.4 is 9.30 Å². The van der Waals surface area contributed by atoms with E-state index >= 15 is 0 Å². The Balaban J connectivity index is 0.00000528. The molecule has 6 aromatic heterocycles. The minimum absolute atomic E-state index is 0. The van der Waals surface area contributed by atoms with Gasteiger partial charge < -0.3 is 13.7 Å². The van der Waals surface area contributed by atoms with E-state index in [2.05, 4.69) is 244 Å². The van der Waals surface area contributed by atoms with Crippen molar-refractivity contribution in [1.82, 2.24) is 32.7 Å². The van der Waals surface area contributed by atoms with Gasteiger partial charge in [-0.2, -0.15) is 12.1 Å². The van der Waals surface area contributed by atoms with Crippen LogP contribution in [0.1, 0.15) is 26.3 Å². The average molecular weight is 1160 g/mol. The molecule has 0 amide bonds. The number of hydrogen-bond acceptors (Lipinski definition) is 4. The van der Waals surface area contributed by atoms with E-state index in [1.165, 1.54) is 5.56 Å². The third-order valence-corrected chi connectivity index (χ3v) is 14.6. The van der Waals surface area contributed by atoms with Crippen molar-refractivity contribution in [1.29, 1.82) is 0 Å². The molecule has 0 spiro atoms. The maximum Gasteiger partial charge on any atom is 0.268 e. The molecule has 0 aliphatic carbocycles. The largest absolute Gasteiger partial charge is 0.510 e. The summed E-state index contributed by atoms with van der Waals surface area (Å²) in [5, 5.41) is 2.98. The van der Waals surface area contributed by atoms with Crippen LogP contribution in [0, 0.1) is 18.5 Å². The Morgan fingerprint density at radius 2 is 1.11 bits per heavy atom. The Labute approximate surface area is 451 Å². The standard InChI is InChI=1S/C66H44N8O.Pt/c1-66(2,3)44-36-37-67-61(38-44)72-54-27-13-10-22-49(54)50-34-32-46(40-60(50)72)75-45-33-35-51-59(39-45)71-41-70(62-47(42-18-6-4-7-19-42)23-16-24-48(62)43-20-8-5-9-21-43)57-30-17-31-58(63(57)71)73-55-28-14-12-26-53(55)69-65(73)74-56-29-15-11-25-52(56)68-64(51)74;/h4-38H,1-3H3;/q-2;. The van der Waals surface area contributed by atoms with E-state index in [0.717, 1.165) is 105 Å². The van der Waals surface area contributed by atoms with Crippen molar-refractivity contribution in [3.8, 4) is 45.3 Å². The van der Waals surface area contributed by atoms with E-state index in [1.54, 1.807) is 0 Å². The second kappa shape index (κ2) is 17.5. The summed E-state index contributed by atoms with van der Waals surface area (Å²) in [6, 6.07) is 79.2. The van der Waals surface area contributed by atoms with Gasteiger partial charge in [0.1, 0.15) is 11.3 Å². The van der Waals surface area contributed by atoms with Gasteiger partial charge in [-0.3, -0.25) is 13.4 Å². The first kappa shape index (κ1) is 45.4. The molecule has 15 rings (SSSR count). The molecule has 6 heterocycles. The Bertz CT molecular complexity index is 4790. The number of hydrogen-bond donors (Lipinski definition) is 0. The van der Waals surface area contributed by atoms with Gasteiger partial charge in [0.2, 0.25) is 5.78 Å². The fourth-order valence-electron chi connectivity index (χ4n) is 11.1. The van der Waals surface area contributed by atoms with Crippen molar-refractivity contribution in [2.45, 2.75) is 26.2 Å². The molecule has 9 nitrogen and oxygen atoms in total. The molecule has 9 aromatic carbocycles. The molecule has 0 bridgehead atoms. The monoisotopic (exact) mass is 1160 g/mol. The average Bonchev–Trinajstić information content (AvgIpc) is 4.33. The van der Waals surface area contributed by atoms with Gasteiger partial charge in [0.15, 0.2) is 0 Å². The van der Waals surface area contributed by atoms with Crippen LogP contribution in [0.4, 0.5) is 0 Å². The van der Waals surface area contributed by atoms with Crippen LogP contribution >= 0.6 is 0 Å². The van der Waals surface area contributed by atoms with Crippen LogP contribution in [0.15, 0.2) is 212 Å². The van der Waals surface area contributed by atoms with E-state index in [9.17, 15) is 0 Å². The smallest absolute Gasteiger partial charge is 0.268 e. The van der Waals surface area contributed by atoms with Gasteiger partial charge in [0, 0.05) is 44.3 Å². The molecular weight excluding hydrogens is 1120 g/mol. The topological polar surface area (TPSA) is 69.9 Å². The molecule has 0 radical (unpaired) electrons. The molecule has 0 N–H and O–H groups in total. The van der Waals surface area contributed by atoms with Crippen LogP contribution in [0.3, 0.4) is 0 Å². The number of fused-ring (bicyclic) bond motifs is 14. The maximum absolute atomic E-state index is 6.98. The van der Waals surface area contributed by atoms with Crippen molar-refractivity contribution in [3.63, 3.8) is 0 Å². The first-order valence-corrected chi connectivity index (χ1v) is 25.2. The number of pyridine rings is 1. The number of para-hydroxylation sites is 7. The molecule has 0 aliphatic heterocycles. The summed E-state index contributed by atoms with van der Waals surface area (Å²) in [6.07, 6.45) is 5.88. The van der Waals surface area contributed by atoms with E-state index in [0.29, 0.717) is 22.7 Å². The molecule has 366 valence electrons. The quantitative estimate of drug-likeness (QED) is 0.123. The van der Waals surface area contributed by atoms with E-state index in [-0.39, 0.29) is 26.5 Å². The predicted octanol–water partition coefficient (Wildman–Crippen LogP) is 15.0. The summed E-state index contributed by atoms with van der Waals surface area (Å²) in [4.78, 5) is 15.8. The number of benzene rings is 9. The number of imidazole rings is 3. The molecular formula is C66H44N8OPt-2. The third kappa shape index (κ3) is 7.03. The Morgan fingerprint density at radius 1 is 0.513 bits per heavy atom. The van der Waals surface area contributed by atoms with Gasteiger partial charge in [-0.25, -0.2) is 15.0 Å². The van der Waals surface area contributed by atoms with Crippen LogP contribution in [-0.4, -0.2) is 32.7 Å². The molecule has 76 heavy (non-hydrogen) atoms. The normalized spacial score (nSPS) is 12.0. The van der Waals surface area contributed by atoms with Crippen molar-refractivity contribution < 1.29 is 30.4 Å². The van der Waals surface area contributed by atoms with Gasteiger partial charge in [-0.15, -0.1) is 29.7 Å². The predicted molar refractivity (Wildman–Crippen MR) is 300 cm³/mol. The molecule has 0 atom stereocenters. The molecule has 0 saturated heterocycles.